The van der Waals surface area contributed by atoms with Crippen LogP contribution in [0.15, 0.2) is 0 Å². The molecule has 1 rings (SSSR count). The topological polar surface area (TPSA) is 53.0 Å². The largest absolute Gasteiger partial charge is 0.239 e. The zero-order valence-electron chi connectivity index (χ0n) is 9.72. The van der Waals surface area contributed by atoms with Crippen molar-refractivity contribution < 1.29 is 4.21 Å². The molecule has 0 aromatic rings. The Kier molecular flexibility index (Phi) is 2.98. The molecule has 1 unspecified atom stereocenters. The molecule has 2 N–H and O–H groups in total. The van der Waals surface area contributed by atoms with E-state index in [1.54, 1.807) is 0 Å². The van der Waals surface area contributed by atoms with Gasteiger partial charge in [-0.05, 0) is 25.4 Å². The van der Waals surface area contributed by atoms with Gasteiger partial charge >= 0.3 is 0 Å². The molecule has 86 valence electrons. The van der Waals surface area contributed by atoms with Crippen LogP contribution >= 0.6 is 10.2 Å². The van der Waals surface area contributed by atoms with E-state index in [1.807, 2.05) is 0 Å². The van der Waals surface area contributed by atoms with Crippen LogP contribution in [0.4, 0.5) is 0 Å². The first kappa shape index (κ1) is 12.3. The molecule has 1 aliphatic rings. The lowest BCUT2D eigenvalue weighted by atomic mass is 10.3. The molecule has 1 atom stereocenters. The molecule has 14 heavy (non-hydrogen) atoms. The second kappa shape index (κ2) is 3.39. The van der Waals surface area contributed by atoms with Crippen molar-refractivity contribution in [1.82, 2.24) is 4.13 Å². The Morgan fingerprint density at radius 2 is 1.71 bits per heavy atom. The predicted molar refractivity (Wildman–Crippen MR) is 66.2 cm³/mol. The summed E-state index contributed by atoms with van der Waals surface area (Å²) in [5, 5.41) is 0.108. The molecule has 3 nitrogen and oxygen atoms in total. The summed E-state index contributed by atoms with van der Waals surface area (Å²) in [6.45, 7) is 6.41. The van der Waals surface area contributed by atoms with Crippen molar-refractivity contribution in [3.8, 4) is 0 Å². The smallest absolute Gasteiger partial charge is 0.116 e. The zero-order chi connectivity index (χ0) is 11.2. The highest BCUT2D eigenvalue weighted by molar-refractivity contribution is 8.36. The van der Waals surface area contributed by atoms with Gasteiger partial charge in [0.1, 0.15) is 9.92 Å². The summed E-state index contributed by atoms with van der Waals surface area (Å²) >= 11 is 0. The maximum atomic E-state index is 12.0. The van der Waals surface area contributed by atoms with Gasteiger partial charge in [0.2, 0.25) is 0 Å². The van der Waals surface area contributed by atoms with Gasteiger partial charge in [0, 0.05) is 4.75 Å². The van der Waals surface area contributed by atoms with Crippen LogP contribution in [0.25, 0.3) is 0 Å². The molecule has 0 spiro atoms. The fraction of sp³-hybridized carbons (Fsp3) is 1.00. The lowest BCUT2D eigenvalue weighted by Gasteiger charge is -2.45. The van der Waals surface area contributed by atoms with Gasteiger partial charge in [-0.1, -0.05) is 20.8 Å². The Labute approximate surface area is 89.6 Å². The summed E-state index contributed by atoms with van der Waals surface area (Å²) in [4.78, 5) is 0. The van der Waals surface area contributed by atoms with E-state index in [2.05, 4.69) is 37.4 Å². The van der Waals surface area contributed by atoms with Gasteiger partial charge in [-0.15, -0.1) is 0 Å². The molecular formula is C9H22N2OS2. The van der Waals surface area contributed by atoms with Crippen molar-refractivity contribution in [3.63, 3.8) is 0 Å². The minimum absolute atomic E-state index is 0.0889. The van der Waals surface area contributed by atoms with Crippen LogP contribution < -0.4 is 4.13 Å². The number of hydrogen-bond acceptors (Lipinski definition) is 2. The highest BCUT2D eigenvalue weighted by Crippen LogP contribution is 2.50. The Bertz CT molecular complexity index is 310. The van der Waals surface area contributed by atoms with Crippen molar-refractivity contribution in [2.75, 3.05) is 12.5 Å². The molecule has 0 saturated heterocycles. The summed E-state index contributed by atoms with van der Waals surface area (Å²) in [6.07, 6.45) is 6.11. The van der Waals surface area contributed by atoms with Gasteiger partial charge in [0.05, 0.1) is 5.25 Å². The molecule has 0 bridgehead atoms. The van der Waals surface area contributed by atoms with E-state index >= 15 is 0 Å². The van der Waals surface area contributed by atoms with E-state index in [9.17, 15) is 4.21 Å². The third kappa shape index (κ3) is 2.64. The summed E-state index contributed by atoms with van der Waals surface area (Å²) in [6, 6.07) is 0. The molecule has 0 aliphatic heterocycles. The fourth-order valence-corrected chi connectivity index (χ4v) is 5.72. The van der Waals surface area contributed by atoms with Crippen LogP contribution in [0.1, 0.15) is 33.6 Å². The normalized spacial score (nSPS) is 24.4. The van der Waals surface area contributed by atoms with Gasteiger partial charge < -0.3 is 0 Å². The van der Waals surface area contributed by atoms with Crippen molar-refractivity contribution in [2.24, 2.45) is 0 Å². The van der Waals surface area contributed by atoms with Crippen LogP contribution in [0.3, 0.4) is 0 Å². The summed E-state index contributed by atoms with van der Waals surface area (Å²) in [7, 11) is -3.71. The van der Waals surface area contributed by atoms with Crippen molar-refractivity contribution in [1.29, 1.82) is 4.78 Å². The van der Waals surface area contributed by atoms with Crippen LogP contribution in [-0.2, 0) is 9.92 Å². The first-order chi connectivity index (χ1) is 6.06. The molecule has 0 aromatic heterocycles. The third-order valence-corrected chi connectivity index (χ3v) is 9.99. The molecular weight excluding hydrogens is 216 g/mol. The highest BCUT2D eigenvalue weighted by Gasteiger charge is 2.38. The van der Waals surface area contributed by atoms with E-state index in [4.69, 9.17) is 4.78 Å². The Morgan fingerprint density at radius 1 is 1.29 bits per heavy atom. The van der Waals surface area contributed by atoms with Gasteiger partial charge in [-0.2, -0.15) is 14.3 Å². The lowest BCUT2D eigenvalue weighted by Crippen LogP contribution is -2.38. The average molecular weight is 238 g/mol. The zero-order valence-corrected chi connectivity index (χ0v) is 11.3. The van der Waals surface area contributed by atoms with Crippen LogP contribution in [-0.4, -0.2) is 26.7 Å². The Morgan fingerprint density at radius 3 is 2.00 bits per heavy atom. The maximum absolute atomic E-state index is 12.0. The summed E-state index contributed by atoms with van der Waals surface area (Å²) in [5.74, 6) is 0. The number of rotatable bonds is 3. The fourth-order valence-electron chi connectivity index (χ4n) is 0.903. The SMILES string of the molecule is CC(C)(C)S(C)(C)NS(=N)(=O)C1CC1. The van der Waals surface area contributed by atoms with Gasteiger partial charge in [-0.3, -0.25) is 0 Å². The van der Waals surface area contributed by atoms with E-state index in [0.717, 1.165) is 12.8 Å². The maximum Gasteiger partial charge on any atom is 0.116 e. The van der Waals surface area contributed by atoms with E-state index in [0.29, 0.717) is 0 Å². The van der Waals surface area contributed by atoms with Gasteiger partial charge in [-0.25, -0.2) is 8.99 Å². The lowest BCUT2D eigenvalue weighted by molar-refractivity contribution is 0.671. The van der Waals surface area contributed by atoms with Crippen molar-refractivity contribution >= 4 is 20.1 Å². The third-order valence-electron chi connectivity index (χ3n) is 2.86. The monoisotopic (exact) mass is 238 g/mol. The Hall–Kier alpha value is 0.260. The van der Waals surface area contributed by atoms with E-state index in [-0.39, 0.29) is 10.00 Å². The second-order valence-electron chi connectivity index (χ2n) is 5.32. The highest BCUT2D eigenvalue weighted by atomic mass is 32.3. The van der Waals surface area contributed by atoms with Gasteiger partial charge in [0.15, 0.2) is 0 Å². The first-order valence-electron chi connectivity index (χ1n) is 4.85. The Balaban J connectivity index is 2.77. The molecule has 0 radical (unpaired) electrons. The average Bonchev–Trinajstić information content (AvgIpc) is 2.59. The molecule has 0 heterocycles. The van der Waals surface area contributed by atoms with Gasteiger partial charge in [0.25, 0.3) is 0 Å². The minimum Gasteiger partial charge on any atom is -0.239 e. The van der Waals surface area contributed by atoms with Crippen LogP contribution in [0.5, 0.6) is 0 Å². The molecule has 1 fully saturated rings. The summed E-state index contributed by atoms with van der Waals surface area (Å²) in [5.41, 5.74) is 0. The standard InChI is InChI=1S/C9H22N2OS2/c1-9(2,3)13(4,5)11-14(10,12)8-6-7-8/h8H,6-7H2,1-5H3,(H2,10,11,12). The quantitative estimate of drug-likeness (QED) is 0.780. The van der Waals surface area contributed by atoms with Crippen molar-refractivity contribution in [2.45, 2.75) is 43.6 Å². The molecule has 0 amide bonds. The molecule has 1 aliphatic carbocycles. The molecule has 1 saturated carbocycles. The first-order valence-corrected chi connectivity index (χ1v) is 8.92. The number of hydrogen-bond donors (Lipinski definition) is 2. The van der Waals surface area contributed by atoms with Crippen LogP contribution in [0, 0.1) is 4.78 Å². The summed E-state index contributed by atoms with van der Waals surface area (Å²) < 4.78 is 23.0. The second-order valence-corrected chi connectivity index (χ2v) is 11.7. The minimum atomic E-state index is -2.54. The van der Waals surface area contributed by atoms with Crippen LogP contribution in [0.2, 0.25) is 0 Å². The van der Waals surface area contributed by atoms with Crippen molar-refractivity contribution in [3.05, 3.63) is 0 Å². The predicted octanol–water partition coefficient (Wildman–Crippen LogP) is 2.48. The molecule has 5 heteroatoms. The van der Waals surface area contributed by atoms with E-state index < -0.39 is 20.1 Å². The van der Waals surface area contributed by atoms with E-state index in [1.165, 1.54) is 0 Å². The molecule has 0 aromatic carbocycles. The number of nitrogens with one attached hydrogen (secondary N) is 2.